The normalized spacial score (nSPS) is 12.0. The predicted molar refractivity (Wildman–Crippen MR) is 57.8 cm³/mol. The van der Waals surface area contributed by atoms with Gasteiger partial charge in [0, 0.05) is 24.0 Å². The van der Waals surface area contributed by atoms with E-state index in [4.69, 9.17) is 0 Å². The number of aromatic nitrogens is 3. The average Bonchev–Trinajstić information content (AvgIpc) is 2.82. The van der Waals surface area contributed by atoms with Crippen LogP contribution in [0.2, 0.25) is 0 Å². The summed E-state index contributed by atoms with van der Waals surface area (Å²) in [5, 5.41) is 3.49. The van der Waals surface area contributed by atoms with E-state index in [1.807, 2.05) is 6.92 Å². The van der Waals surface area contributed by atoms with Gasteiger partial charge in [-0.15, -0.1) is 11.3 Å². The molecule has 0 spiro atoms. The molecule has 92 valence electrons. The van der Waals surface area contributed by atoms with Crippen LogP contribution in [0.4, 0.5) is 13.2 Å². The van der Waals surface area contributed by atoms with Gasteiger partial charge in [0.25, 0.3) is 0 Å². The van der Waals surface area contributed by atoms with Crippen molar-refractivity contribution < 1.29 is 13.2 Å². The summed E-state index contributed by atoms with van der Waals surface area (Å²) in [6.07, 6.45) is -2.37. The van der Waals surface area contributed by atoms with Crippen LogP contribution < -0.4 is 0 Å². The Bertz CT molecular complexity index is 501. The lowest BCUT2D eigenvalue weighted by Gasteiger charge is -2.02. The Morgan fingerprint density at radius 2 is 2.18 bits per heavy atom. The SMILES string of the molecule is Cc1ncsc1CCn1ccc(C(F)(F)F)n1. The summed E-state index contributed by atoms with van der Waals surface area (Å²) in [5.41, 5.74) is 1.81. The zero-order valence-electron chi connectivity index (χ0n) is 9.03. The second kappa shape index (κ2) is 4.48. The van der Waals surface area contributed by atoms with Crippen LogP contribution in [-0.4, -0.2) is 14.8 Å². The molecule has 3 nitrogen and oxygen atoms in total. The summed E-state index contributed by atoms with van der Waals surface area (Å²) in [6, 6.07) is 0.986. The summed E-state index contributed by atoms with van der Waals surface area (Å²) >= 11 is 1.51. The molecule has 0 saturated carbocycles. The van der Waals surface area contributed by atoms with Gasteiger partial charge in [-0.05, 0) is 13.0 Å². The second-order valence-electron chi connectivity index (χ2n) is 3.57. The first-order chi connectivity index (χ1) is 7.97. The molecule has 0 bridgehead atoms. The number of hydrogen-bond donors (Lipinski definition) is 0. The Morgan fingerprint density at radius 1 is 1.41 bits per heavy atom. The van der Waals surface area contributed by atoms with Gasteiger partial charge < -0.3 is 0 Å². The van der Waals surface area contributed by atoms with Crippen molar-refractivity contribution in [3.8, 4) is 0 Å². The molecule has 0 saturated heterocycles. The maximum Gasteiger partial charge on any atom is 0.435 e. The predicted octanol–water partition coefficient (Wildman–Crippen LogP) is 2.91. The molecular weight excluding hydrogens is 251 g/mol. The first-order valence-corrected chi connectivity index (χ1v) is 5.84. The van der Waals surface area contributed by atoms with Crippen molar-refractivity contribution in [2.75, 3.05) is 0 Å². The van der Waals surface area contributed by atoms with E-state index in [-0.39, 0.29) is 0 Å². The molecule has 0 unspecified atom stereocenters. The molecule has 2 aromatic heterocycles. The first-order valence-electron chi connectivity index (χ1n) is 4.96. The maximum absolute atomic E-state index is 12.3. The molecule has 7 heteroatoms. The molecular formula is C10H10F3N3S. The van der Waals surface area contributed by atoms with Crippen LogP contribution in [0.15, 0.2) is 17.8 Å². The van der Waals surface area contributed by atoms with E-state index in [9.17, 15) is 13.2 Å². The smallest absolute Gasteiger partial charge is 0.272 e. The van der Waals surface area contributed by atoms with Crippen molar-refractivity contribution >= 4 is 11.3 Å². The summed E-state index contributed by atoms with van der Waals surface area (Å²) in [7, 11) is 0. The van der Waals surface area contributed by atoms with Gasteiger partial charge in [0.2, 0.25) is 0 Å². The van der Waals surface area contributed by atoms with Crippen LogP contribution >= 0.6 is 11.3 Å². The van der Waals surface area contributed by atoms with Crippen molar-refractivity contribution in [3.63, 3.8) is 0 Å². The zero-order chi connectivity index (χ0) is 12.5. The van der Waals surface area contributed by atoms with Gasteiger partial charge in [-0.3, -0.25) is 4.68 Å². The van der Waals surface area contributed by atoms with E-state index < -0.39 is 11.9 Å². The lowest BCUT2D eigenvalue weighted by Crippen LogP contribution is -2.08. The van der Waals surface area contributed by atoms with Gasteiger partial charge in [-0.25, -0.2) is 4.98 Å². The Morgan fingerprint density at radius 3 is 2.71 bits per heavy atom. The number of nitrogens with zero attached hydrogens (tertiary/aromatic N) is 3. The number of halogens is 3. The summed E-state index contributed by atoms with van der Waals surface area (Å²) in [5.74, 6) is 0. The van der Waals surface area contributed by atoms with E-state index in [1.54, 1.807) is 5.51 Å². The third-order valence-electron chi connectivity index (χ3n) is 2.34. The molecule has 2 rings (SSSR count). The standard InChI is InChI=1S/C10H10F3N3S/c1-7-8(17-6-14-7)2-4-16-5-3-9(15-16)10(11,12)13/h3,5-6H,2,4H2,1H3. The van der Waals surface area contributed by atoms with Crippen molar-refractivity contribution in [1.82, 2.24) is 14.8 Å². The molecule has 0 aliphatic carbocycles. The van der Waals surface area contributed by atoms with E-state index >= 15 is 0 Å². The third kappa shape index (κ3) is 2.85. The van der Waals surface area contributed by atoms with Crippen LogP contribution in [0.25, 0.3) is 0 Å². The van der Waals surface area contributed by atoms with E-state index in [0.717, 1.165) is 16.6 Å². The van der Waals surface area contributed by atoms with E-state index in [0.29, 0.717) is 13.0 Å². The van der Waals surface area contributed by atoms with Gasteiger partial charge in [-0.1, -0.05) is 0 Å². The minimum absolute atomic E-state index is 0.430. The highest BCUT2D eigenvalue weighted by molar-refractivity contribution is 7.09. The fraction of sp³-hybridized carbons (Fsp3) is 0.400. The van der Waals surface area contributed by atoms with Crippen LogP contribution in [0.1, 0.15) is 16.3 Å². The Kier molecular flexibility index (Phi) is 3.19. The molecule has 2 heterocycles. The molecule has 0 amide bonds. The van der Waals surface area contributed by atoms with Crippen LogP contribution in [-0.2, 0) is 19.1 Å². The highest BCUT2D eigenvalue weighted by atomic mass is 32.1. The second-order valence-corrected chi connectivity index (χ2v) is 4.51. The molecule has 0 radical (unpaired) electrons. The van der Waals surface area contributed by atoms with Crippen molar-refractivity contribution in [2.24, 2.45) is 0 Å². The minimum Gasteiger partial charge on any atom is -0.272 e. The molecule has 0 aliphatic rings. The summed E-state index contributed by atoms with van der Waals surface area (Å²) in [6.45, 7) is 2.31. The maximum atomic E-state index is 12.3. The highest BCUT2D eigenvalue weighted by Crippen LogP contribution is 2.27. The van der Waals surface area contributed by atoms with E-state index in [2.05, 4.69) is 10.1 Å². The fourth-order valence-corrected chi connectivity index (χ4v) is 2.19. The fourth-order valence-electron chi connectivity index (χ4n) is 1.42. The van der Waals surface area contributed by atoms with Crippen LogP contribution in [0.5, 0.6) is 0 Å². The molecule has 0 fully saturated rings. The van der Waals surface area contributed by atoms with Gasteiger partial charge in [0.1, 0.15) is 0 Å². The molecule has 0 aliphatic heterocycles. The number of hydrogen-bond acceptors (Lipinski definition) is 3. The number of thiazole rings is 1. The van der Waals surface area contributed by atoms with Gasteiger partial charge in [0.05, 0.1) is 11.2 Å². The monoisotopic (exact) mass is 261 g/mol. The van der Waals surface area contributed by atoms with Crippen molar-refractivity contribution in [1.29, 1.82) is 0 Å². The Hall–Kier alpha value is -1.37. The Labute approximate surface area is 99.9 Å². The van der Waals surface area contributed by atoms with Gasteiger partial charge in [0.15, 0.2) is 5.69 Å². The average molecular weight is 261 g/mol. The lowest BCUT2D eigenvalue weighted by molar-refractivity contribution is -0.141. The number of aryl methyl sites for hydroxylation is 3. The molecule has 2 aromatic rings. The van der Waals surface area contributed by atoms with Crippen molar-refractivity contribution in [2.45, 2.75) is 26.1 Å². The van der Waals surface area contributed by atoms with Crippen LogP contribution in [0.3, 0.4) is 0 Å². The van der Waals surface area contributed by atoms with Gasteiger partial charge in [-0.2, -0.15) is 18.3 Å². The first kappa shape index (κ1) is 12.1. The number of rotatable bonds is 3. The largest absolute Gasteiger partial charge is 0.435 e. The van der Waals surface area contributed by atoms with Gasteiger partial charge >= 0.3 is 6.18 Å². The quantitative estimate of drug-likeness (QED) is 0.850. The summed E-state index contributed by atoms with van der Waals surface area (Å²) in [4.78, 5) is 5.16. The van der Waals surface area contributed by atoms with Crippen LogP contribution in [0, 0.1) is 6.92 Å². The highest BCUT2D eigenvalue weighted by Gasteiger charge is 2.33. The third-order valence-corrected chi connectivity index (χ3v) is 3.34. The summed E-state index contributed by atoms with van der Waals surface area (Å²) < 4.78 is 38.2. The molecule has 0 N–H and O–H groups in total. The van der Waals surface area contributed by atoms with Crippen molar-refractivity contribution in [3.05, 3.63) is 34.0 Å². The molecule has 17 heavy (non-hydrogen) atoms. The Balaban J connectivity index is 2.01. The molecule has 0 aromatic carbocycles. The topological polar surface area (TPSA) is 30.7 Å². The number of alkyl halides is 3. The lowest BCUT2D eigenvalue weighted by atomic mass is 10.3. The molecule has 0 atom stereocenters. The van der Waals surface area contributed by atoms with E-state index in [1.165, 1.54) is 22.2 Å². The minimum atomic E-state index is -4.37. The zero-order valence-corrected chi connectivity index (χ0v) is 9.85.